The van der Waals surface area contributed by atoms with Gasteiger partial charge < -0.3 is 4.74 Å². The van der Waals surface area contributed by atoms with Gasteiger partial charge in [-0.3, -0.25) is 4.79 Å². The summed E-state index contributed by atoms with van der Waals surface area (Å²) in [6.07, 6.45) is 2.88. The molecule has 3 aromatic carbocycles. The fourth-order valence-corrected chi connectivity index (χ4v) is 4.36. The van der Waals surface area contributed by atoms with Gasteiger partial charge in [0.25, 0.3) is 5.56 Å². The van der Waals surface area contributed by atoms with Crippen molar-refractivity contribution in [3.05, 3.63) is 102 Å². The maximum absolute atomic E-state index is 13.9. The van der Waals surface area contributed by atoms with E-state index in [9.17, 15) is 9.18 Å². The van der Waals surface area contributed by atoms with Crippen molar-refractivity contribution in [1.29, 1.82) is 0 Å². The van der Waals surface area contributed by atoms with Crippen molar-refractivity contribution >= 4 is 56.2 Å². The zero-order valence-electron chi connectivity index (χ0n) is 18.1. The molecular formula is C25H19BrCl2FN3O2. The van der Waals surface area contributed by atoms with E-state index in [4.69, 9.17) is 27.9 Å². The highest BCUT2D eigenvalue weighted by Gasteiger charge is 2.13. The average Bonchev–Trinajstić information content (AvgIpc) is 2.80. The smallest absolute Gasteiger partial charge is 0.282 e. The first-order valence-corrected chi connectivity index (χ1v) is 12.0. The van der Waals surface area contributed by atoms with Crippen LogP contribution in [0, 0.1) is 5.82 Å². The van der Waals surface area contributed by atoms with Gasteiger partial charge in [0.2, 0.25) is 0 Å². The molecule has 0 aliphatic heterocycles. The van der Waals surface area contributed by atoms with Gasteiger partial charge in [0.1, 0.15) is 18.2 Å². The maximum atomic E-state index is 13.9. The van der Waals surface area contributed by atoms with Gasteiger partial charge in [-0.1, -0.05) is 64.3 Å². The zero-order valence-corrected chi connectivity index (χ0v) is 21.2. The number of nitrogens with zero attached hydrogens (tertiary/aromatic N) is 3. The van der Waals surface area contributed by atoms with Crippen LogP contribution in [0.4, 0.5) is 4.39 Å². The molecule has 0 amide bonds. The Hall–Kier alpha value is -2.74. The van der Waals surface area contributed by atoms with Crippen molar-refractivity contribution in [3.8, 4) is 5.75 Å². The standard InChI is InChI=1S/C25H19BrCl2FN3O2/c1-2-5-23-31-22-9-8-17(26)12-18(22)25(33)32(23)30-13-15-10-19(27)24(20(28)11-15)34-14-16-6-3-4-7-21(16)29/h3-4,6-13H,2,5,14H2,1H3. The van der Waals surface area contributed by atoms with Gasteiger partial charge >= 0.3 is 0 Å². The predicted molar refractivity (Wildman–Crippen MR) is 138 cm³/mol. The summed E-state index contributed by atoms with van der Waals surface area (Å²) in [6.45, 7) is 1.99. The SMILES string of the molecule is CCCc1nc2ccc(Br)cc2c(=O)n1N=Cc1cc(Cl)c(OCc2ccccc2F)c(Cl)c1. The molecule has 1 heterocycles. The third-order valence-electron chi connectivity index (χ3n) is 5.02. The lowest BCUT2D eigenvalue weighted by Gasteiger charge is -2.12. The Labute approximate surface area is 213 Å². The van der Waals surface area contributed by atoms with Gasteiger partial charge in [-0.2, -0.15) is 9.78 Å². The highest BCUT2D eigenvalue weighted by Crippen LogP contribution is 2.34. The van der Waals surface area contributed by atoms with E-state index in [2.05, 4.69) is 26.0 Å². The van der Waals surface area contributed by atoms with Crippen molar-refractivity contribution in [1.82, 2.24) is 9.66 Å². The fourth-order valence-electron chi connectivity index (χ4n) is 3.38. The molecule has 34 heavy (non-hydrogen) atoms. The number of rotatable bonds is 7. The van der Waals surface area contributed by atoms with Crippen LogP contribution in [0.15, 0.2) is 69.0 Å². The number of ether oxygens (including phenoxy) is 1. The Morgan fingerprint density at radius 1 is 1.15 bits per heavy atom. The van der Waals surface area contributed by atoms with E-state index < -0.39 is 0 Å². The minimum Gasteiger partial charge on any atom is -0.486 e. The van der Waals surface area contributed by atoms with Gasteiger partial charge in [0.05, 0.1) is 27.2 Å². The number of aryl methyl sites for hydroxylation is 1. The predicted octanol–water partition coefficient (Wildman–Crippen LogP) is 7.02. The Morgan fingerprint density at radius 3 is 2.59 bits per heavy atom. The third-order valence-corrected chi connectivity index (χ3v) is 6.08. The van der Waals surface area contributed by atoms with Crippen LogP contribution in [0.25, 0.3) is 10.9 Å². The molecule has 174 valence electrons. The molecule has 0 N–H and O–H groups in total. The molecule has 0 bridgehead atoms. The molecule has 0 saturated carbocycles. The molecule has 5 nitrogen and oxygen atoms in total. The quantitative estimate of drug-likeness (QED) is 0.227. The van der Waals surface area contributed by atoms with Crippen molar-refractivity contribution in [2.75, 3.05) is 0 Å². The second kappa shape index (κ2) is 10.7. The second-order valence-electron chi connectivity index (χ2n) is 7.49. The van der Waals surface area contributed by atoms with Crippen LogP contribution < -0.4 is 10.3 Å². The van der Waals surface area contributed by atoms with Gasteiger partial charge in [0.15, 0.2) is 5.75 Å². The molecule has 4 rings (SSSR count). The van der Waals surface area contributed by atoms with Crippen molar-refractivity contribution in [2.24, 2.45) is 5.10 Å². The highest BCUT2D eigenvalue weighted by molar-refractivity contribution is 9.10. The third kappa shape index (κ3) is 5.32. The molecule has 0 fully saturated rings. The number of aromatic nitrogens is 2. The first-order chi connectivity index (χ1) is 16.4. The van der Waals surface area contributed by atoms with E-state index in [-0.39, 0.29) is 33.8 Å². The summed E-state index contributed by atoms with van der Waals surface area (Å²) in [6, 6.07) is 14.9. The highest BCUT2D eigenvalue weighted by atomic mass is 79.9. The van der Waals surface area contributed by atoms with Crippen LogP contribution in [-0.4, -0.2) is 15.9 Å². The number of halogens is 4. The Bertz CT molecular complexity index is 1430. The van der Waals surface area contributed by atoms with Crippen molar-refractivity contribution < 1.29 is 9.13 Å². The molecule has 0 saturated heterocycles. The Morgan fingerprint density at radius 2 is 1.88 bits per heavy atom. The summed E-state index contributed by atoms with van der Waals surface area (Å²) in [7, 11) is 0. The van der Waals surface area contributed by atoms with Gasteiger partial charge in [0, 0.05) is 16.5 Å². The number of hydrogen-bond donors (Lipinski definition) is 0. The lowest BCUT2D eigenvalue weighted by atomic mass is 10.2. The topological polar surface area (TPSA) is 56.5 Å². The first-order valence-electron chi connectivity index (χ1n) is 10.5. The largest absolute Gasteiger partial charge is 0.486 e. The summed E-state index contributed by atoms with van der Waals surface area (Å²) in [5.41, 5.74) is 1.30. The van der Waals surface area contributed by atoms with Gasteiger partial charge in [-0.25, -0.2) is 9.37 Å². The van der Waals surface area contributed by atoms with Crippen LogP contribution >= 0.6 is 39.1 Å². The first kappa shape index (κ1) is 24.4. The molecular weight excluding hydrogens is 544 g/mol. The van der Waals surface area contributed by atoms with E-state index >= 15 is 0 Å². The van der Waals surface area contributed by atoms with E-state index in [1.54, 1.807) is 42.5 Å². The van der Waals surface area contributed by atoms with Crippen LogP contribution in [-0.2, 0) is 13.0 Å². The minimum absolute atomic E-state index is 0.0202. The molecule has 0 aliphatic rings. The Balaban J connectivity index is 1.65. The zero-order chi connectivity index (χ0) is 24.2. The molecule has 0 aliphatic carbocycles. The normalized spacial score (nSPS) is 11.4. The molecule has 1 aromatic heterocycles. The van der Waals surface area contributed by atoms with Crippen LogP contribution in [0.5, 0.6) is 5.75 Å². The summed E-state index contributed by atoms with van der Waals surface area (Å²) < 4.78 is 21.6. The van der Waals surface area contributed by atoms with Crippen molar-refractivity contribution in [3.63, 3.8) is 0 Å². The monoisotopic (exact) mass is 561 g/mol. The summed E-state index contributed by atoms with van der Waals surface area (Å²) >= 11 is 16.2. The average molecular weight is 563 g/mol. The fraction of sp³-hybridized carbons (Fsp3) is 0.160. The van der Waals surface area contributed by atoms with Crippen LogP contribution in [0.2, 0.25) is 10.0 Å². The molecule has 0 atom stereocenters. The lowest BCUT2D eigenvalue weighted by Crippen LogP contribution is -2.22. The number of fused-ring (bicyclic) bond motifs is 1. The molecule has 9 heteroatoms. The van der Waals surface area contributed by atoms with E-state index in [0.717, 1.165) is 10.9 Å². The van der Waals surface area contributed by atoms with Crippen molar-refractivity contribution in [2.45, 2.75) is 26.4 Å². The van der Waals surface area contributed by atoms with E-state index in [1.807, 2.05) is 13.0 Å². The minimum atomic E-state index is -0.372. The van der Waals surface area contributed by atoms with Gasteiger partial charge in [-0.05, 0) is 48.4 Å². The molecule has 4 aromatic rings. The molecule has 0 radical (unpaired) electrons. The van der Waals surface area contributed by atoms with Crippen LogP contribution in [0.1, 0.15) is 30.3 Å². The summed E-state index contributed by atoms with van der Waals surface area (Å²) in [5, 5.41) is 5.33. The summed E-state index contributed by atoms with van der Waals surface area (Å²) in [5.74, 6) is 0.424. The van der Waals surface area contributed by atoms with E-state index in [0.29, 0.717) is 34.3 Å². The van der Waals surface area contributed by atoms with Gasteiger partial charge in [-0.15, -0.1) is 0 Å². The Kier molecular flexibility index (Phi) is 7.66. The lowest BCUT2D eigenvalue weighted by molar-refractivity contribution is 0.300. The second-order valence-corrected chi connectivity index (χ2v) is 9.22. The molecule has 0 unspecified atom stereocenters. The maximum Gasteiger partial charge on any atom is 0.282 e. The summed E-state index contributed by atoms with van der Waals surface area (Å²) in [4.78, 5) is 17.7. The van der Waals surface area contributed by atoms with Crippen LogP contribution in [0.3, 0.4) is 0 Å². The number of hydrogen-bond acceptors (Lipinski definition) is 4. The van der Waals surface area contributed by atoms with E-state index in [1.165, 1.54) is 17.0 Å². The molecule has 0 spiro atoms. The number of benzene rings is 3.